The lowest BCUT2D eigenvalue weighted by Crippen LogP contribution is -2.37. The van der Waals surface area contributed by atoms with Crippen LogP contribution in [0.3, 0.4) is 0 Å². The molecule has 0 aromatic heterocycles. The number of nitrogens with zero attached hydrogens (tertiary/aromatic N) is 1. The number of aliphatic hydroxyl groups is 1. The third-order valence-electron chi connectivity index (χ3n) is 8.35. The van der Waals surface area contributed by atoms with Crippen LogP contribution >= 0.6 is 7.82 Å². The van der Waals surface area contributed by atoms with Crippen molar-refractivity contribution in [2.45, 2.75) is 135 Å². The minimum Gasteiger partial charge on any atom is -0.756 e. The second kappa shape index (κ2) is 38.8. The molecule has 2 unspecified atom stereocenters. The zero-order chi connectivity index (χ0) is 43.7. The molecule has 0 bridgehead atoms. The highest BCUT2D eigenvalue weighted by atomic mass is 31.2. The molecule has 10 nitrogen and oxygen atoms in total. The fourth-order valence-corrected chi connectivity index (χ4v) is 5.66. The highest BCUT2D eigenvalue weighted by Crippen LogP contribution is 2.38. The first-order valence-corrected chi connectivity index (χ1v) is 23.2. The average molecular weight is 844 g/mol. The van der Waals surface area contributed by atoms with Crippen LogP contribution in [-0.4, -0.2) is 81.2 Å². The minimum atomic E-state index is -4.67. The molecule has 0 aliphatic rings. The van der Waals surface area contributed by atoms with E-state index in [-0.39, 0.29) is 26.1 Å². The molecule has 0 spiro atoms. The van der Waals surface area contributed by atoms with Crippen LogP contribution in [0.15, 0.2) is 109 Å². The van der Waals surface area contributed by atoms with Gasteiger partial charge in [0, 0.05) is 12.8 Å². The van der Waals surface area contributed by atoms with Crippen LogP contribution in [0.1, 0.15) is 123 Å². The largest absolute Gasteiger partial charge is 0.756 e. The van der Waals surface area contributed by atoms with Crippen LogP contribution in [-0.2, 0) is 32.7 Å². The number of likely N-dealkylation sites (N-methyl/N-ethyl adjacent to an activating group) is 1. The summed E-state index contributed by atoms with van der Waals surface area (Å²) < 4.78 is 33.7. The third-order valence-corrected chi connectivity index (χ3v) is 9.32. The van der Waals surface area contributed by atoms with Crippen LogP contribution in [0.5, 0.6) is 0 Å². The number of phosphoric ester groups is 1. The summed E-state index contributed by atoms with van der Waals surface area (Å²) in [6.45, 7) is 3.78. The molecule has 0 aliphatic carbocycles. The molecule has 3 atom stereocenters. The summed E-state index contributed by atoms with van der Waals surface area (Å²) in [6, 6.07) is 0. The van der Waals surface area contributed by atoms with Crippen molar-refractivity contribution in [3.63, 3.8) is 0 Å². The summed E-state index contributed by atoms with van der Waals surface area (Å²) in [6.07, 6.45) is 49.0. The molecule has 0 amide bonds. The second-order valence-corrected chi connectivity index (χ2v) is 16.6. The topological polar surface area (TPSA) is 131 Å². The molecule has 1 N–H and O–H groups in total. The van der Waals surface area contributed by atoms with E-state index in [9.17, 15) is 24.2 Å². The van der Waals surface area contributed by atoms with Gasteiger partial charge in [-0.25, -0.2) is 0 Å². The number of rotatable bonds is 37. The number of carbonyl (C=O) groups excluding carboxylic acids is 2. The van der Waals surface area contributed by atoms with Gasteiger partial charge in [0.15, 0.2) is 6.10 Å². The predicted molar refractivity (Wildman–Crippen MR) is 241 cm³/mol. The molecule has 0 radical (unpaired) electrons. The molecule has 0 saturated heterocycles. The molecule has 0 heterocycles. The van der Waals surface area contributed by atoms with Gasteiger partial charge in [0.2, 0.25) is 0 Å². The molecule has 0 aromatic carbocycles. The van der Waals surface area contributed by atoms with Crippen molar-refractivity contribution >= 4 is 19.8 Å². The van der Waals surface area contributed by atoms with Crippen LogP contribution in [0.2, 0.25) is 0 Å². The van der Waals surface area contributed by atoms with Crippen molar-refractivity contribution in [2.75, 3.05) is 47.5 Å². The van der Waals surface area contributed by atoms with Crippen LogP contribution < -0.4 is 4.89 Å². The van der Waals surface area contributed by atoms with Crippen molar-refractivity contribution in [1.29, 1.82) is 0 Å². The number of quaternary nitrogens is 1. The Hall–Kier alpha value is -3.37. The Kier molecular flexibility index (Phi) is 36.6. The summed E-state index contributed by atoms with van der Waals surface area (Å²) in [5.74, 6) is -1.01. The normalized spacial score (nSPS) is 15.2. The first kappa shape index (κ1) is 55.6. The van der Waals surface area contributed by atoms with Gasteiger partial charge in [-0.05, 0) is 83.5 Å². The first-order chi connectivity index (χ1) is 28.4. The number of ether oxygens (including phenoxy) is 2. The number of hydrogen-bond donors (Lipinski definition) is 1. The van der Waals surface area contributed by atoms with E-state index in [0.717, 1.165) is 44.9 Å². The Morgan fingerprint density at radius 2 is 1.15 bits per heavy atom. The fraction of sp³-hybridized carbons (Fsp3) is 0.583. The van der Waals surface area contributed by atoms with Gasteiger partial charge >= 0.3 is 11.9 Å². The Morgan fingerprint density at radius 3 is 1.69 bits per heavy atom. The minimum absolute atomic E-state index is 0.0643. The van der Waals surface area contributed by atoms with Crippen molar-refractivity contribution in [2.24, 2.45) is 0 Å². The number of unbranched alkanes of at least 4 members (excludes halogenated alkanes) is 5. The Bertz CT molecular complexity index is 1380. The van der Waals surface area contributed by atoms with Crippen molar-refractivity contribution in [3.8, 4) is 0 Å². The van der Waals surface area contributed by atoms with E-state index in [0.29, 0.717) is 43.1 Å². The van der Waals surface area contributed by atoms with E-state index >= 15 is 0 Å². The number of carbonyl (C=O) groups is 2. The standard InChI is InChI=1S/C48H78NO9P/c1-6-8-10-11-12-13-14-15-16-17-18-19-23-26-29-32-35-39-47(51)55-43-46(44-57-59(53,54)56-42-41-49(3,4)5)58-48(52)40-36-33-30-27-24-21-20-22-25-28-31-34-38-45(50)37-9-7-2/h9,12-13,15-16,18-21,25-31,34,37,45-46,50H,6-8,10-11,14,17,22-24,32-33,35-36,38-44H2,1-5H3/b13-12-,16-15-,19-18-,21-20-,28-25-,29-26-,30-27-,34-31+,37-9-/t45?,46-/m1/s1. The van der Waals surface area contributed by atoms with Crippen LogP contribution in [0.25, 0.3) is 0 Å². The lowest BCUT2D eigenvalue weighted by molar-refractivity contribution is -0.870. The number of esters is 2. The van der Waals surface area contributed by atoms with Gasteiger partial charge in [-0.3, -0.25) is 14.2 Å². The zero-order valence-corrected chi connectivity index (χ0v) is 37.9. The monoisotopic (exact) mass is 844 g/mol. The summed E-state index contributed by atoms with van der Waals surface area (Å²) in [5.41, 5.74) is 0. The quantitative estimate of drug-likeness (QED) is 0.0162. The Balaban J connectivity index is 4.62. The van der Waals surface area contributed by atoms with Gasteiger partial charge in [0.25, 0.3) is 7.82 Å². The van der Waals surface area contributed by atoms with Gasteiger partial charge in [0.1, 0.15) is 19.8 Å². The molecule has 0 saturated carbocycles. The summed E-state index contributed by atoms with van der Waals surface area (Å²) in [5, 5.41) is 9.77. The van der Waals surface area contributed by atoms with Crippen molar-refractivity contribution in [3.05, 3.63) is 109 Å². The highest BCUT2D eigenvalue weighted by molar-refractivity contribution is 7.45. The third kappa shape index (κ3) is 42.6. The molecule has 11 heteroatoms. The van der Waals surface area contributed by atoms with E-state index in [4.69, 9.17) is 18.5 Å². The van der Waals surface area contributed by atoms with Crippen molar-refractivity contribution < 1.29 is 47.2 Å². The predicted octanol–water partition coefficient (Wildman–Crippen LogP) is 10.7. The van der Waals surface area contributed by atoms with Gasteiger partial charge in [-0.15, -0.1) is 0 Å². The molecule has 0 aliphatic heterocycles. The van der Waals surface area contributed by atoms with E-state index in [1.807, 2.05) is 82.8 Å². The Labute approximate surface area is 358 Å². The maximum absolute atomic E-state index is 12.6. The number of phosphoric acid groups is 1. The molecule has 0 rings (SSSR count). The van der Waals surface area contributed by atoms with Crippen LogP contribution in [0, 0.1) is 0 Å². The van der Waals surface area contributed by atoms with Crippen molar-refractivity contribution in [1.82, 2.24) is 0 Å². The zero-order valence-electron chi connectivity index (χ0n) is 37.0. The molecule has 59 heavy (non-hydrogen) atoms. The molecular weight excluding hydrogens is 766 g/mol. The SMILES string of the molecule is CC/C=C\C(O)C/C=C/C=C\C/C=C\C/C=C\CCCC(=O)O[C@H](COC(=O)CCC/C=C\C/C=C\C/C=C\C/C=C\CCCCC)COP(=O)([O-])OCC[N+](C)(C)C. The first-order valence-electron chi connectivity index (χ1n) is 21.7. The number of aliphatic hydroxyl groups excluding tert-OH is 1. The second-order valence-electron chi connectivity index (χ2n) is 15.2. The fourth-order valence-electron chi connectivity index (χ4n) is 4.94. The molecule has 0 fully saturated rings. The highest BCUT2D eigenvalue weighted by Gasteiger charge is 2.21. The number of allylic oxidation sites excluding steroid dienone is 16. The van der Waals surface area contributed by atoms with Gasteiger partial charge < -0.3 is 33.0 Å². The molecule has 334 valence electrons. The van der Waals surface area contributed by atoms with E-state index in [2.05, 4.69) is 61.6 Å². The maximum atomic E-state index is 12.6. The maximum Gasteiger partial charge on any atom is 0.306 e. The van der Waals surface area contributed by atoms with E-state index in [1.54, 1.807) is 0 Å². The summed E-state index contributed by atoms with van der Waals surface area (Å²) >= 11 is 0. The summed E-state index contributed by atoms with van der Waals surface area (Å²) in [7, 11) is 1.05. The lowest BCUT2D eigenvalue weighted by atomic mass is 10.2. The molecular formula is C48H78NO9P. The van der Waals surface area contributed by atoms with Crippen LogP contribution in [0.4, 0.5) is 0 Å². The lowest BCUT2D eigenvalue weighted by Gasteiger charge is -2.28. The molecule has 0 aromatic rings. The van der Waals surface area contributed by atoms with Gasteiger partial charge in [-0.2, -0.15) is 0 Å². The Morgan fingerprint density at radius 1 is 0.644 bits per heavy atom. The average Bonchev–Trinajstić information content (AvgIpc) is 3.18. The number of hydrogen-bond acceptors (Lipinski definition) is 9. The van der Waals surface area contributed by atoms with Gasteiger partial charge in [0.05, 0.1) is 33.9 Å². The summed E-state index contributed by atoms with van der Waals surface area (Å²) in [4.78, 5) is 37.5. The van der Waals surface area contributed by atoms with Gasteiger partial charge in [-0.1, -0.05) is 136 Å². The smallest absolute Gasteiger partial charge is 0.306 e. The van der Waals surface area contributed by atoms with E-state index < -0.39 is 38.6 Å². The van der Waals surface area contributed by atoms with E-state index in [1.165, 1.54) is 19.3 Å².